The second-order valence-corrected chi connectivity index (χ2v) is 4.18. The lowest BCUT2D eigenvalue weighted by molar-refractivity contribution is -0.140. The van der Waals surface area contributed by atoms with Gasteiger partial charge in [-0.25, -0.2) is 9.50 Å². The van der Waals surface area contributed by atoms with Crippen molar-refractivity contribution in [3.8, 4) is 0 Å². The molecule has 1 unspecified atom stereocenters. The zero-order valence-corrected chi connectivity index (χ0v) is 10.5. The molecule has 2 aromatic heterocycles. The molecule has 2 N–H and O–H groups in total. The minimum atomic E-state index is -0.957. The van der Waals surface area contributed by atoms with Crippen molar-refractivity contribution in [1.82, 2.24) is 24.9 Å². The van der Waals surface area contributed by atoms with Gasteiger partial charge in [0.05, 0.1) is 17.2 Å². The maximum Gasteiger partial charge on any atom is 0.308 e. The van der Waals surface area contributed by atoms with Gasteiger partial charge in [-0.3, -0.25) is 9.59 Å². The van der Waals surface area contributed by atoms with Crippen LogP contribution in [0.2, 0.25) is 0 Å². The SMILES string of the molecule is Cc1c(C(=O)NCC(C)C(=O)O)cnc2ncnn12. The van der Waals surface area contributed by atoms with Crippen LogP contribution in [-0.2, 0) is 4.79 Å². The number of carboxylic acid groups (broad SMARTS) is 1. The number of carbonyl (C=O) groups excluding carboxylic acids is 1. The normalized spacial score (nSPS) is 12.3. The van der Waals surface area contributed by atoms with Crippen molar-refractivity contribution in [2.75, 3.05) is 6.54 Å². The van der Waals surface area contributed by atoms with Gasteiger partial charge in [-0.1, -0.05) is 6.92 Å². The van der Waals surface area contributed by atoms with Crippen molar-refractivity contribution in [3.05, 3.63) is 23.8 Å². The van der Waals surface area contributed by atoms with Gasteiger partial charge >= 0.3 is 5.97 Å². The van der Waals surface area contributed by atoms with Crippen LogP contribution in [0.3, 0.4) is 0 Å². The molecule has 0 fully saturated rings. The summed E-state index contributed by atoms with van der Waals surface area (Å²) >= 11 is 0. The lowest BCUT2D eigenvalue weighted by Crippen LogP contribution is -2.32. The molecule has 0 saturated heterocycles. The van der Waals surface area contributed by atoms with Crippen molar-refractivity contribution in [2.45, 2.75) is 13.8 Å². The van der Waals surface area contributed by atoms with Gasteiger partial charge in [-0.15, -0.1) is 0 Å². The molecular weight excluding hydrogens is 250 g/mol. The second-order valence-electron chi connectivity index (χ2n) is 4.18. The number of hydrogen-bond acceptors (Lipinski definition) is 5. The van der Waals surface area contributed by atoms with Gasteiger partial charge in [-0.05, 0) is 6.92 Å². The van der Waals surface area contributed by atoms with Crippen LogP contribution in [0.4, 0.5) is 0 Å². The molecule has 8 heteroatoms. The van der Waals surface area contributed by atoms with Crippen LogP contribution in [0.25, 0.3) is 5.78 Å². The van der Waals surface area contributed by atoms with Crippen LogP contribution in [0.1, 0.15) is 23.0 Å². The smallest absolute Gasteiger partial charge is 0.308 e. The monoisotopic (exact) mass is 263 g/mol. The number of amides is 1. The topological polar surface area (TPSA) is 109 Å². The Morgan fingerprint density at radius 3 is 2.89 bits per heavy atom. The number of hydrogen-bond donors (Lipinski definition) is 2. The third-order valence-electron chi connectivity index (χ3n) is 2.78. The summed E-state index contributed by atoms with van der Waals surface area (Å²) < 4.78 is 1.45. The quantitative estimate of drug-likeness (QED) is 0.796. The molecule has 8 nitrogen and oxygen atoms in total. The van der Waals surface area contributed by atoms with E-state index in [4.69, 9.17) is 5.11 Å². The first-order chi connectivity index (χ1) is 9.00. The zero-order chi connectivity index (χ0) is 14.0. The van der Waals surface area contributed by atoms with Gasteiger partial charge in [0.2, 0.25) is 0 Å². The van der Waals surface area contributed by atoms with Crippen LogP contribution in [-0.4, -0.2) is 43.1 Å². The fraction of sp³-hybridized carbons (Fsp3) is 0.364. The maximum atomic E-state index is 12.0. The van der Waals surface area contributed by atoms with Crippen LogP contribution in [0, 0.1) is 12.8 Å². The summed E-state index contributed by atoms with van der Waals surface area (Å²) in [5.41, 5.74) is 0.943. The Bertz CT molecular complexity index is 636. The van der Waals surface area contributed by atoms with Crippen molar-refractivity contribution in [1.29, 1.82) is 0 Å². The molecule has 0 radical (unpaired) electrons. The van der Waals surface area contributed by atoms with Crippen molar-refractivity contribution in [3.63, 3.8) is 0 Å². The summed E-state index contributed by atoms with van der Waals surface area (Å²) in [7, 11) is 0. The molecule has 0 aromatic carbocycles. The van der Waals surface area contributed by atoms with Gasteiger partial charge < -0.3 is 10.4 Å². The van der Waals surface area contributed by atoms with Gasteiger partial charge in [0.15, 0.2) is 0 Å². The molecule has 1 amide bonds. The number of carboxylic acids is 1. The highest BCUT2D eigenvalue weighted by atomic mass is 16.4. The highest BCUT2D eigenvalue weighted by molar-refractivity contribution is 5.95. The number of aryl methyl sites for hydroxylation is 1. The minimum absolute atomic E-state index is 0.0585. The number of aliphatic carboxylic acids is 1. The molecule has 0 spiro atoms. The van der Waals surface area contributed by atoms with E-state index in [0.29, 0.717) is 17.0 Å². The van der Waals surface area contributed by atoms with Gasteiger partial charge in [0.25, 0.3) is 11.7 Å². The lowest BCUT2D eigenvalue weighted by Gasteiger charge is -2.10. The summed E-state index contributed by atoms with van der Waals surface area (Å²) in [6.07, 6.45) is 2.75. The third-order valence-corrected chi connectivity index (χ3v) is 2.78. The number of fused-ring (bicyclic) bond motifs is 1. The van der Waals surface area contributed by atoms with Gasteiger partial charge in [0.1, 0.15) is 6.33 Å². The molecule has 2 heterocycles. The highest BCUT2D eigenvalue weighted by Gasteiger charge is 2.16. The van der Waals surface area contributed by atoms with Crippen LogP contribution in [0.5, 0.6) is 0 Å². The summed E-state index contributed by atoms with van der Waals surface area (Å²) in [6, 6.07) is 0. The summed E-state index contributed by atoms with van der Waals surface area (Å²) in [5.74, 6) is -1.57. The largest absolute Gasteiger partial charge is 0.481 e. The molecule has 2 aromatic rings. The molecule has 0 bridgehead atoms. The summed E-state index contributed by atoms with van der Waals surface area (Å²) in [5, 5.41) is 15.3. The number of nitrogens with zero attached hydrogens (tertiary/aromatic N) is 4. The van der Waals surface area contributed by atoms with E-state index in [1.165, 1.54) is 24.0 Å². The Labute approximate surface area is 108 Å². The molecule has 100 valence electrons. The van der Waals surface area contributed by atoms with Crippen LogP contribution < -0.4 is 5.32 Å². The van der Waals surface area contributed by atoms with E-state index in [0.717, 1.165) is 0 Å². The van der Waals surface area contributed by atoms with E-state index in [-0.39, 0.29) is 12.5 Å². The summed E-state index contributed by atoms with van der Waals surface area (Å²) in [4.78, 5) is 30.5. The number of nitrogens with one attached hydrogen (secondary N) is 1. The van der Waals surface area contributed by atoms with Gasteiger partial charge in [0, 0.05) is 12.7 Å². The predicted molar refractivity (Wildman–Crippen MR) is 64.7 cm³/mol. The minimum Gasteiger partial charge on any atom is -0.481 e. The first kappa shape index (κ1) is 12.9. The lowest BCUT2D eigenvalue weighted by atomic mass is 10.1. The Balaban J connectivity index is 2.17. The maximum absolute atomic E-state index is 12.0. The average molecular weight is 263 g/mol. The van der Waals surface area contributed by atoms with Crippen molar-refractivity contribution >= 4 is 17.7 Å². The van der Waals surface area contributed by atoms with E-state index in [9.17, 15) is 9.59 Å². The van der Waals surface area contributed by atoms with Crippen molar-refractivity contribution < 1.29 is 14.7 Å². The van der Waals surface area contributed by atoms with E-state index in [2.05, 4.69) is 20.4 Å². The van der Waals surface area contributed by atoms with Gasteiger partial charge in [-0.2, -0.15) is 10.1 Å². The summed E-state index contributed by atoms with van der Waals surface area (Å²) in [6.45, 7) is 3.30. The Morgan fingerprint density at radius 2 is 2.21 bits per heavy atom. The Morgan fingerprint density at radius 1 is 1.47 bits per heavy atom. The molecule has 0 saturated carbocycles. The Kier molecular flexibility index (Phi) is 3.41. The third kappa shape index (κ3) is 2.51. The van der Waals surface area contributed by atoms with E-state index < -0.39 is 11.9 Å². The molecule has 19 heavy (non-hydrogen) atoms. The van der Waals surface area contributed by atoms with E-state index in [1.807, 2.05) is 0 Å². The number of rotatable bonds is 4. The Hall–Kier alpha value is -2.51. The standard InChI is InChI=1S/C11H13N5O3/c1-6(10(18)19)3-12-9(17)8-4-13-11-14-5-15-16(11)7(8)2/h4-6H,3H2,1-2H3,(H,12,17)(H,18,19). The fourth-order valence-electron chi connectivity index (χ4n) is 1.54. The van der Waals surface area contributed by atoms with Crippen molar-refractivity contribution in [2.24, 2.45) is 5.92 Å². The van der Waals surface area contributed by atoms with Crippen LogP contribution in [0.15, 0.2) is 12.5 Å². The predicted octanol–water partition coefficient (Wildman–Crippen LogP) is -0.117. The first-order valence-corrected chi connectivity index (χ1v) is 5.67. The van der Waals surface area contributed by atoms with E-state index in [1.54, 1.807) is 6.92 Å². The zero-order valence-electron chi connectivity index (χ0n) is 10.5. The highest BCUT2D eigenvalue weighted by Crippen LogP contribution is 2.07. The molecule has 0 aliphatic rings. The average Bonchev–Trinajstić information content (AvgIpc) is 2.85. The first-order valence-electron chi connectivity index (χ1n) is 5.67. The fourth-order valence-corrected chi connectivity index (χ4v) is 1.54. The molecular formula is C11H13N5O3. The molecule has 1 atom stereocenters. The molecule has 0 aliphatic heterocycles. The van der Waals surface area contributed by atoms with Crippen LogP contribution >= 0.6 is 0 Å². The van der Waals surface area contributed by atoms with E-state index >= 15 is 0 Å². The molecule has 0 aliphatic carbocycles. The number of carbonyl (C=O) groups is 2. The second kappa shape index (κ2) is 5.01. The molecule has 2 rings (SSSR count). The number of aromatic nitrogens is 4.